The number of carbonyl (C=O) groups excluding carboxylic acids is 1. The zero-order valence-corrected chi connectivity index (χ0v) is 7.61. The number of nitrogens with zero attached hydrogens (tertiary/aromatic N) is 1. The Hall–Kier alpha value is -0.610. The Morgan fingerprint density at radius 2 is 2.31 bits per heavy atom. The van der Waals surface area contributed by atoms with Crippen molar-refractivity contribution in [3.63, 3.8) is 0 Å². The summed E-state index contributed by atoms with van der Waals surface area (Å²) in [7, 11) is 0. The molecule has 1 amide bonds. The first-order valence-corrected chi connectivity index (χ1v) is 4.82. The molecule has 0 aromatic rings. The molecular weight excluding hydrogens is 170 g/mol. The molecule has 4 heteroatoms. The molecule has 0 spiro atoms. The second kappa shape index (κ2) is 3.64. The van der Waals surface area contributed by atoms with Crippen LogP contribution in [0.2, 0.25) is 0 Å². The second-order valence-electron chi connectivity index (χ2n) is 3.79. The summed E-state index contributed by atoms with van der Waals surface area (Å²) < 4.78 is 5.15. The first-order valence-electron chi connectivity index (χ1n) is 4.82. The Balaban J connectivity index is 1.89. The van der Waals surface area contributed by atoms with Crippen LogP contribution in [0.15, 0.2) is 0 Å². The summed E-state index contributed by atoms with van der Waals surface area (Å²) in [5.41, 5.74) is 0. The fraction of sp³-hybridized carbons (Fsp3) is 0.889. The molecule has 0 radical (unpaired) electrons. The minimum Gasteiger partial charge on any atom is -0.391 e. The molecule has 0 unspecified atom stereocenters. The third-order valence-corrected chi connectivity index (χ3v) is 2.75. The number of aliphatic hydroxyl groups excluding tert-OH is 1. The van der Waals surface area contributed by atoms with Gasteiger partial charge in [0.1, 0.15) is 0 Å². The molecule has 2 aliphatic heterocycles. The van der Waals surface area contributed by atoms with Crippen LogP contribution in [-0.4, -0.2) is 48.3 Å². The van der Waals surface area contributed by atoms with Crippen LogP contribution in [0.4, 0.5) is 0 Å². The van der Waals surface area contributed by atoms with E-state index < -0.39 is 0 Å². The van der Waals surface area contributed by atoms with E-state index in [1.807, 2.05) is 0 Å². The van der Waals surface area contributed by atoms with Crippen molar-refractivity contribution in [3.05, 3.63) is 0 Å². The standard InChI is InChI=1S/C9H15NO3/c11-8-1-3-10(5-8)9(12)7-2-4-13-6-7/h7-8,11H,1-6H2/t7-,8+/m0/s1. The molecule has 0 saturated carbocycles. The van der Waals surface area contributed by atoms with Crippen molar-refractivity contribution in [3.8, 4) is 0 Å². The average Bonchev–Trinajstić information content (AvgIpc) is 2.72. The van der Waals surface area contributed by atoms with Crippen molar-refractivity contribution in [1.82, 2.24) is 4.90 Å². The molecule has 1 N–H and O–H groups in total. The van der Waals surface area contributed by atoms with Gasteiger partial charge in [0, 0.05) is 19.7 Å². The highest BCUT2D eigenvalue weighted by molar-refractivity contribution is 5.79. The van der Waals surface area contributed by atoms with Crippen LogP contribution < -0.4 is 0 Å². The van der Waals surface area contributed by atoms with Gasteiger partial charge in [0.05, 0.1) is 18.6 Å². The van der Waals surface area contributed by atoms with E-state index in [2.05, 4.69) is 0 Å². The smallest absolute Gasteiger partial charge is 0.228 e. The maximum atomic E-state index is 11.7. The van der Waals surface area contributed by atoms with Crippen LogP contribution >= 0.6 is 0 Å². The maximum absolute atomic E-state index is 11.7. The van der Waals surface area contributed by atoms with Gasteiger partial charge in [0.2, 0.25) is 5.91 Å². The number of aliphatic hydroxyl groups is 1. The minimum absolute atomic E-state index is 0.0466. The van der Waals surface area contributed by atoms with Gasteiger partial charge in [-0.3, -0.25) is 4.79 Å². The number of hydrogen-bond acceptors (Lipinski definition) is 3. The van der Waals surface area contributed by atoms with Crippen molar-refractivity contribution in [2.24, 2.45) is 5.92 Å². The first kappa shape index (κ1) is 8.97. The van der Waals surface area contributed by atoms with Gasteiger partial charge >= 0.3 is 0 Å². The summed E-state index contributed by atoms with van der Waals surface area (Å²) in [6.45, 7) is 2.48. The highest BCUT2D eigenvalue weighted by atomic mass is 16.5. The molecule has 0 aromatic carbocycles. The number of rotatable bonds is 1. The van der Waals surface area contributed by atoms with Gasteiger partial charge in [-0.1, -0.05) is 0 Å². The van der Waals surface area contributed by atoms with Crippen molar-refractivity contribution in [2.45, 2.75) is 18.9 Å². The van der Waals surface area contributed by atoms with Crippen LogP contribution in [0.25, 0.3) is 0 Å². The highest BCUT2D eigenvalue weighted by Crippen LogP contribution is 2.18. The van der Waals surface area contributed by atoms with Gasteiger partial charge in [-0.05, 0) is 12.8 Å². The summed E-state index contributed by atoms with van der Waals surface area (Å²) in [6, 6.07) is 0. The topological polar surface area (TPSA) is 49.8 Å². The lowest BCUT2D eigenvalue weighted by Gasteiger charge is -2.18. The van der Waals surface area contributed by atoms with Crippen LogP contribution in [0.3, 0.4) is 0 Å². The predicted molar refractivity (Wildman–Crippen MR) is 46.1 cm³/mol. The zero-order valence-electron chi connectivity index (χ0n) is 7.61. The van der Waals surface area contributed by atoms with E-state index in [0.717, 1.165) is 12.8 Å². The van der Waals surface area contributed by atoms with E-state index >= 15 is 0 Å². The maximum Gasteiger partial charge on any atom is 0.228 e. The molecule has 2 atom stereocenters. The van der Waals surface area contributed by atoms with Crippen molar-refractivity contribution in [2.75, 3.05) is 26.3 Å². The monoisotopic (exact) mass is 185 g/mol. The number of likely N-dealkylation sites (tertiary alicyclic amines) is 1. The molecule has 2 aliphatic rings. The first-order chi connectivity index (χ1) is 6.27. The highest BCUT2D eigenvalue weighted by Gasteiger charge is 2.31. The summed E-state index contributed by atoms with van der Waals surface area (Å²) in [5, 5.41) is 9.27. The number of carbonyl (C=O) groups is 1. The van der Waals surface area contributed by atoms with E-state index in [1.165, 1.54) is 0 Å². The molecule has 2 saturated heterocycles. The summed E-state index contributed by atoms with van der Waals surface area (Å²) in [6.07, 6.45) is 1.25. The molecule has 74 valence electrons. The van der Waals surface area contributed by atoms with E-state index in [4.69, 9.17) is 4.74 Å². The molecular formula is C9H15NO3. The Kier molecular flexibility index (Phi) is 2.51. The second-order valence-corrected chi connectivity index (χ2v) is 3.79. The van der Waals surface area contributed by atoms with Crippen LogP contribution in [0.1, 0.15) is 12.8 Å². The van der Waals surface area contributed by atoms with Gasteiger partial charge < -0.3 is 14.7 Å². The fourth-order valence-corrected chi connectivity index (χ4v) is 1.93. The lowest BCUT2D eigenvalue weighted by Crippen LogP contribution is -2.35. The SMILES string of the molecule is O=C([C@H]1CCOC1)N1CC[C@@H](O)C1. The molecule has 0 bridgehead atoms. The summed E-state index contributed by atoms with van der Waals surface area (Å²) in [4.78, 5) is 13.5. The van der Waals surface area contributed by atoms with Crippen LogP contribution in [0.5, 0.6) is 0 Å². The molecule has 0 aromatic heterocycles. The van der Waals surface area contributed by atoms with E-state index in [9.17, 15) is 9.90 Å². The van der Waals surface area contributed by atoms with Gasteiger partial charge in [-0.15, -0.1) is 0 Å². The van der Waals surface area contributed by atoms with Crippen LogP contribution in [0, 0.1) is 5.92 Å². The van der Waals surface area contributed by atoms with E-state index in [1.54, 1.807) is 4.90 Å². The number of ether oxygens (including phenoxy) is 1. The number of amides is 1. The lowest BCUT2D eigenvalue weighted by molar-refractivity contribution is -0.134. The normalized spacial score (nSPS) is 34.1. The largest absolute Gasteiger partial charge is 0.391 e. The lowest BCUT2D eigenvalue weighted by atomic mass is 10.1. The Labute approximate surface area is 77.5 Å². The van der Waals surface area contributed by atoms with Crippen molar-refractivity contribution >= 4 is 5.91 Å². The third-order valence-electron chi connectivity index (χ3n) is 2.75. The van der Waals surface area contributed by atoms with Gasteiger partial charge in [-0.25, -0.2) is 0 Å². The quantitative estimate of drug-likeness (QED) is 0.605. The van der Waals surface area contributed by atoms with Crippen LogP contribution in [-0.2, 0) is 9.53 Å². The van der Waals surface area contributed by atoms with Crippen molar-refractivity contribution < 1.29 is 14.6 Å². The molecule has 2 heterocycles. The molecule has 4 nitrogen and oxygen atoms in total. The number of hydrogen-bond donors (Lipinski definition) is 1. The predicted octanol–water partition coefficient (Wildman–Crippen LogP) is -0.384. The fourth-order valence-electron chi connectivity index (χ4n) is 1.93. The van der Waals surface area contributed by atoms with E-state index in [0.29, 0.717) is 26.3 Å². The Bertz CT molecular complexity index is 201. The minimum atomic E-state index is -0.314. The molecule has 2 rings (SSSR count). The molecule has 0 aliphatic carbocycles. The molecule has 13 heavy (non-hydrogen) atoms. The van der Waals surface area contributed by atoms with E-state index in [-0.39, 0.29) is 17.9 Å². The number of β-amino-alcohol motifs (C(OH)–C–C–N with tert-alkyl or cyclic N) is 1. The zero-order chi connectivity index (χ0) is 9.26. The Morgan fingerprint density at radius 3 is 2.85 bits per heavy atom. The summed E-state index contributed by atoms with van der Waals surface area (Å²) >= 11 is 0. The summed E-state index contributed by atoms with van der Waals surface area (Å²) in [5.74, 6) is 0.208. The van der Waals surface area contributed by atoms with Gasteiger partial charge in [-0.2, -0.15) is 0 Å². The Morgan fingerprint density at radius 1 is 1.46 bits per heavy atom. The third kappa shape index (κ3) is 1.84. The molecule has 2 fully saturated rings. The van der Waals surface area contributed by atoms with Gasteiger partial charge in [0.15, 0.2) is 0 Å². The van der Waals surface area contributed by atoms with Gasteiger partial charge in [0.25, 0.3) is 0 Å². The van der Waals surface area contributed by atoms with Crippen molar-refractivity contribution in [1.29, 1.82) is 0 Å². The average molecular weight is 185 g/mol.